The van der Waals surface area contributed by atoms with Gasteiger partial charge in [-0.05, 0) is 113 Å². The van der Waals surface area contributed by atoms with Crippen LogP contribution in [0.2, 0.25) is 0 Å². The summed E-state index contributed by atoms with van der Waals surface area (Å²) >= 11 is 0. The van der Waals surface area contributed by atoms with Gasteiger partial charge in [0.15, 0.2) is 0 Å². The summed E-state index contributed by atoms with van der Waals surface area (Å²) in [4.78, 5) is 0. The Morgan fingerprint density at radius 1 is 0.917 bits per heavy atom. The monoisotopic (exact) mass is 330 g/mol. The molecule has 4 aliphatic rings. The number of fused-ring (bicyclic) bond motifs is 5. The van der Waals surface area contributed by atoms with Crippen LogP contribution < -0.4 is 0 Å². The number of allylic oxidation sites excluding steroid dienone is 2. The SMILES string of the molecule is CC(C)=C1CC[C@H]2[C@@H]3CC[C@H]4C[C@](C)(O)CC[C@]4(C)[C@H]3CC[C@]12C. The van der Waals surface area contributed by atoms with Crippen molar-refractivity contribution in [1.82, 2.24) is 0 Å². The Kier molecular flexibility index (Phi) is 3.82. The number of aliphatic hydroxyl groups is 1. The molecule has 4 saturated carbocycles. The molecule has 0 radical (unpaired) electrons. The van der Waals surface area contributed by atoms with E-state index < -0.39 is 5.60 Å². The standard InChI is InChI=1S/C23H38O/c1-15(2)18-8-9-19-17-7-6-16-14-21(3,24)12-13-22(16,4)20(17)10-11-23(18,19)5/h16-17,19-20,24H,6-14H2,1-5H3/t16-,17-,19-,20-,21+,22-,23+/m0/s1. The second-order valence-electron chi connectivity index (χ2n) is 10.8. The third-order valence-corrected chi connectivity index (χ3v) is 9.34. The fourth-order valence-corrected chi connectivity index (χ4v) is 8.07. The molecular weight excluding hydrogens is 292 g/mol. The zero-order valence-electron chi connectivity index (χ0n) is 16.6. The summed E-state index contributed by atoms with van der Waals surface area (Å²) < 4.78 is 0. The molecule has 0 unspecified atom stereocenters. The normalized spacial score (nSPS) is 54.0. The van der Waals surface area contributed by atoms with Gasteiger partial charge >= 0.3 is 0 Å². The van der Waals surface area contributed by atoms with E-state index in [0.29, 0.717) is 10.8 Å². The lowest BCUT2D eigenvalue weighted by molar-refractivity contribution is -0.139. The van der Waals surface area contributed by atoms with Crippen LogP contribution in [0.4, 0.5) is 0 Å². The van der Waals surface area contributed by atoms with Gasteiger partial charge in [0, 0.05) is 0 Å². The van der Waals surface area contributed by atoms with Gasteiger partial charge in [-0.15, -0.1) is 0 Å². The first-order valence-corrected chi connectivity index (χ1v) is 10.6. The molecule has 24 heavy (non-hydrogen) atoms. The van der Waals surface area contributed by atoms with Crippen LogP contribution >= 0.6 is 0 Å². The quantitative estimate of drug-likeness (QED) is 0.531. The first kappa shape index (κ1) is 17.1. The summed E-state index contributed by atoms with van der Waals surface area (Å²) in [6, 6.07) is 0. The summed E-state index contributed by atoms with van der Waals surface area (Å²) in [5.41, 5.74) is 4.02. The molecule has 4 fully saturated rings. The van der Waals surface area contributed by atoms with Crippen LogP contribution in [0.3, 0.4) is 0 Å². The van der Waals surface area contributed by atoms with Crippen LogP contribution in [0.25, 0.3) is 0 Å². The van der Waals surface area contributed by atoms with E-state index in [-0.39, 0.29) is 0 Å². The molecule has 1 N–H and O–H groups in total. The second kappa shape index (κ2) is 5.35. The van der Waals surface area contributed by atoms with E-state index in [4.69, 9.17) is 0 Å². The Morgan fingerprint density at radius 2 is 1.67 bits per heavy atom. The Balaban J connectivity index is 1.64. The fourth-order valence-electron chi connectivity index (χ4n) is 8.07. The highest BCUT2D eigenvalue weighted by molar-refractivity contribution is 5.27. The van der Waals surface area contributed by atoms with Crippen molar-refractivity contribution in [2.45, 2.75) is 98.0 Å². The van der Waals surface area contributed by atoms with E-state index >= 15 is 0 Å². The third kappa shape index (κ3) is 2.29. The van der Waals surface area contributed by atoms with Gasteiger partial charge in [-0.2, -0.15) is 0 Å². The molecule has 0 aromatic carbocycles. The van der Waals surface area contributed by atoms with Crippen LogP contribution in [-0.2, 0) is 0 Å². The van der Waals surface area contributed by atoms with E-state index in [0.717, 1.165) is 36.5 Å². The predicted octanol–water partition coefficient (Wildman–Crippen LogP) is 6.12. The molecule has 0 aromatic rings. The average molecular weight is 331 g/mol. The van der Waals surface area contributed by atoms with Crippen LogP contribution in [0.5, 0.6) is 0 Å². The van der Waals surface area contributed by atoms with Gasteiger partial charge in [-0.25, -0.2) is 0 Å². The highest BCUT2D eigenvalue weighted by Gasteiger charge is 2.59. The van der Waals surface area contributed by atoms with Gasteiger partial charge in [-0.3, -0.25) is 0 Å². The van der Waals surface area contributed by atoms with Gasteiger partial charge in [0.1, 0.15) is 0 Å². The van der Waals surface area contributed by atoms with Crippen molar-refractivity contribution in [2.75, 3.05) is 0 Å². The van der Waals surface area contributed by atoms with Crippen LogP contribution in [-0.4, -0.2) is 10.7 Å². The molecule has 0 spiro atoms. The van der Waals surface area contributed by atoms with E-state index in [9.17, 15) is 5.11 Å². The Labute approximate surface area is 149 Å². The van der Waals surface area contributed by atoms with Crippen LogP contribution in [0, 0.1) is 34.5 Å². The molecular formula is C23H38O. The number of hydrogen-bond acceptors (Lipinski definition) is 1. The Hall–Kier alpha value is -0.300. The predicted molar refractivity (Wildman–Crippen MR) is 101 cm³/mol. The average Bonchev–Trinajstić information content (AvgIpc) is 2.85. The molecule has 0 bridgehead atoms. The van der Waals surface area contributed by atoms with Gasteiger partial charge in [0.2, 0.25) is 0 Å². The van der Waals surface area contributed by atoms with Crippen LogP contribution in [0.1, 0.15) is 92.4 Å². The zero-order chi connectivity index (χ0) is 17.3. The maximum Gasteiger partial charge on any atom is 0.0622 e. The minimum Gasteiger partial charge on any atom is -0.390 e. The van der Waals surface area contributed by atoms with E-state index in [2.05, 4.69) is 34.6 Å². The lowest BCUT2D eigenvalue weighted by Gasteiger charge is -2.61. The second-order valence-corrected chi connectivity index (χ2v) is 10.8. The molecule has 1 heteroatoms. The largest absolute Gasteiger partial charge is 0.390 e. The topological polar surface area (TPSA) is 20.2 Å². The van der Waals surface area contributed by atoms with Crippen molar-refractivity contribution in [3.63, 3.8) is 0 Å². The Morgan fingerprint density at radius 3 is 2.38 bits per heavy atom. The lowest BCUT2D eigenvalue weighted by Crippen LogP contribution is -2.55. The maximum absolute atomic E-state index is 10.6. The lowest BCUT2D eigenvalue weighted by atomic mass is 9.44. The van der Waals surface area contributed by atoms with Gasteiger partial charge < -0.3 is 5.11 Å². The molecule has 0 aliphatic heterocycles. The van der Waals surface area contributed by atoms with Gasteiger partial charge in [-0.1, -0.05) is 25.0 Å². The molecule has 136 valence electrons. The van der Waals surface area contributed by atoms with Crippen molar-refractivity contribution in [3.05, 3.63) is 11.1 Å². The van der Waals surface area contributed by atoms with E-state index in [1.54, 1.807) is 5.57 Å². The smallest absolute Gasteiger partial charge is 0.0622 e. The summed E-state index contributed by atoms with van der Waals surface area (Å²) in [5, 5.41) is 10.6. The van der Waals surface area contributed by atoms with Crippen molar-refractivity contribution in [2.24, 2.45) is 34.5 Å². The van der Waals surface area contributed by atoms with Gasteiger partial charge in [0.25, 0.3) is 0 Å². The van der Waals surface area contributed by atoms with Crippen LogP contribution in [0.15, 0.2) is 11.1 Å². The molecule has 0 amide bonds. The third-order valence-electron chi connectivity index (χ3n) is 9.34. The molecule has 4 rings (SSSR count). The minimum atomic E-state index is -0.400. The summed E-state index contributed by atoms with van der Waals surface area (Å²) in [5.74, 6) is 3.56. The molecule has 0 aromatic heterocycles. The van der Waals surface area contributed by atoms with Crippen molar-refractivity contribution in [3.8, 4) is 0 Å². The van der Waals surface area contributed by atoms with E-state index in [1.807, 2.05) is 5.57 Å². The van der Waals surface area contributed by atoms with Gasteiger partial charge in [0.05, 0.1) is 5.60 Å². The highest BCUT2D eigenvalue weighted by atomic mass is 16.3. The zero-order valence-corrected chi connectivity index (χ0v) is 16.6. The summed E-state index contributed by atoms with van der Waals surface area (Å²) in [7, 11) is 0. The maximum atomic E-state index is 10.6. The molecule has 0 saturated heterocycles. The first-order valence-electron chi connectivity index (χ1n) is 10.6. The highest BCUT2D eigenvalue weighted by Crippen LogP contribution is 2.68. The van der Waals surface area contributed by atoms with Crippen molar-refractivity contribution < 1.29 is 5.11 Å². The fraction of sp³-hybridized carbons (Fsp3) is 0.913. The number of hydrogen-bond donors (Lipinski definition) is 1. The molecule has 7 atom stereocenters. The summed E-state index contributed by atoms with van der Waals surface area (Å²) in [6.07, 6.45) is 11.8. The number of rotatable bonds is 0. The first-order chi connectivity index (χ1) is 11.2. The van der Waals surface area contributed by atoms with Crippen molar-refractivity contribution >= 4 is 0 Å². The van der Waals surface area contributed by atoms with Crippen molar-refractivity contribution in [1.29, 1.82) is 0 Å². The molecule has 4 aliphatic carbocycles. The van der Waals surface area contributed by atoms with E-state index in [1.165, 1.54) is 44.9 Å². The Bertz CT molecular complexity index is 554. The minimum absolute atomic E-state index is 0.400. The molecule has 1 nitrogen and oxygen atoms in total. The summed E-state index contributed by atoms with van der Waals surface area (Å²) in [6.45, 7) is 12.0. The molecule has 0 heterocycles.